The zero-order chi connectivity index (χ0) is 16.3. The van der Waals surface area contributed by atoms with Gasteiger partial charge in [-0.1, -0.05) is 15.9 Å². The normalized spacial score (nSPS) is 18.0. The summed E-state index contributed by atoms with van der Waals surface area (Å²) in [4.78, 5) is 27.8. The van der Waals surface area contributed by atoms with E-state index in [9.17, 15) is 9.59 Å². The first kappa shape index (κ1) is 16.8. The molecule has 2 rings (SSSR count). The van der Waals surface area contributed by atoms with E-state index in [1.54, 1.807) is 23.9 Å². The summed E-state index contributed by atoms with van der Waals surface area (Å²) in [5, 5.41) is 2.98. The van der Waals surface area contributed by atoms with Crippen LogP contribution in [0.3, 0.4) is 0 Å². The molecule has 6 heteroatoms. The Morgan fingerprint density at radius 1 is 1.36 bits per heavy atom. The molecule has 1 heterocycles. The van der Waals surface area contributed by atoms with Crippen LogP contribution in [0.4, 0.5) is 10.5 Å². The van der Waals surface area contributed by atoms with Crippen LogP contribution in [-0.2, 0) is 4.79 Å². The van der Waals surface area contributed by atoms with Gasteiger partial charge in [-0.25, -0.2) is 4.79 Å². The van der Waals surface area contributed by atoms with E-state index in [0.717, 1.165) is 35.1 Å². The molecule has 0 bridgehead atoms. The monoisotopic (exact) mass is 367 g/mol. The van der Waals surface area contributed by atoms with Crippen LogP contribution in [0.5, 0.6) is 0 Å². The van der Waals surface area contributed by atoms with Crippen molar-refractivity contribution < 1.29 is 9.59 Å². The van der Waals surface area contributed by atoms with Crippen LogP contribution in [0, 0.1) is 12.8 Å². The number of halogens is 1. The first-order valence-corrected chi connectivity index (χ1v) is 8.21. The van der Waals surface area contributed by atoms with Crippen molar-refractivity contribution in [1.29, 1.82) is 0 Å². The van der Waals surface area contributed by atoms with E-state index in [1.165, 1.54) is 0 Å². The van der Waals surface area contributed by atoms with Crippen molar-refractivity contribution >= 4 is 33.6 Å². The maximum atomic E-state index is 12.5. The fourth-order valence-electron chi connectivity index (χ4n) is 2.65. The lowest BCUT2D eigenvalue weighted by atomic mass is 9.97. The van der Waals surface area contributed by atoms with Gasteiger partial charge in [0.25, 0.3) is 0 Å². The highest BCUT2D eigenvalue weighted by Gasteiger charge is 2.29. The zero-order valence-electron chi connectivity index (χ0n) is 13.2. The van der Waals surface area contributed by atoms with Gasteiger partial charge in [-0.2, -0.15) is 0 Å². The number of aryl methyl sites for hydroxylation is 1. The Labute approximate surface area is 139 Å². The maximum Gasteiger partial charge on any atom is 0.319 e. The van der Waals surface area contributed by atoms with E-state index in [1.807, 2.05) is 25.1 Å². The molecule has 0 aliphatic carbocycles. The minimum absolute atomic E-state index is 0.0123. The lowest BCUT2D eigenvalue weighted by Gasteiger charge is -2.33. The number of benzene rings is 1. The van der Waals surface area contributed by atoms with E-state index in [-0.39, 0.29) is 17.9 Å². The van der Waals surface area contributed by atoms with Gasteiger partial charge in [0, 0.05) is 37.3 Å². The molecule has 120 valence electrons. The molecule has 5 nitrogen and oxygen atoms in total. The van der Waals surface area contributed by atoms with Crippen molar-refractivity contribution in [2.75, 3.05) is 32.5 Å². The Hall–Kier alpha value is -1.56. The second-order valence-electron chi connectivity index (χ2n) is 5.91. The minimum Gasteiger partial charge on any atom is -0.331 e. The van der Waals surface area contributed by atoms with Gasteiger partial charge in [-0.05, 0) is 43.5 Å². The summed E-state index contributed by atoms with van der Waals surface area (Å²) < 4.78 is 0.989. The molecule has 1 atom stereocenters. The summed E-state index contributed by atoms with van der Waals surface area (Å²) in [6.07, 6.45) is 1.68. The molecule has 1 aromatic rings. The summed E-state index contributed by atoms with van der Waals surface area (Å²) in [5.41, 5.74) is 1.84. The molecule has 1 aliphatic heterocycles. The first-order valence-electron chi connectivity index (χ1n) is 7.41. The lowest BCUT2D eigenvalue weighted by molar-refractivity contribution is -0.121. The zero-order valence-corrected chi connectivity index (χ0v) is 14.8. The number of carbonyl (C=O) groups is 2. The van der Waals surface area contributed by atoms with Gasteiger partial charge in [-0.15, -0.1) is 0 Å². The summed E-state index contributed by atoms with van der Waals surface area (Å²) in [6, 6.07) is 5.74. The molecule has 1 aliphatic rings. The summed E-state index contributed by atoms with van der Waals surface area (Å²) in [6.45, 7) is 3.17. The lowest BCUT2D eigenvalue weighted by Crippen LogP contribution is -2.47. The third kappa shape index (κ3) is 4.00. The van der Waals surface area contributed by atoms with E-state index in [4.69, 9.17) is 0 Å². The quantitative estimate of drug-likeness (QED) is 0.872. The molecule has 0 radical (unpaired) electrons. The van der Waals surface area contributed by atoms with Crippen molar-refractivity contribution in [2.24, 2.45) is 5.92 Å². The Kier molecular flexibility index (Phi) is 5.45. The third-order valence-electron chi connectivity index (χ3n) is 3.89. The highest BCUT2D eigenvalue weighted by atomic mass is 79.9. The number of urea groups is 1. The SMILES string of the molecule is Cc1cc(Br)ccc1NC(=O)[C@@H]1CCCN(C(=O)N(C)C)C1. The standard InChI is InChI=1S/C16H22BrN3O2/c1-11-9-13(17)6-7-14(11)18-15(21)12-5-4-8-20(10-12)16(22)19(2)3/h6-7,9,12H,4-5,8,10H2,1-3H3,(H,18,21)/t12-/m1/s1. The number of nitrogens with zero attached hydrogens (tertiary/aromatic N) is 2. The van der Waals surface area contributed by atoms with Crippen molar-refractivity contribution in [1.82, 2.24) is 9.80 Å². The molecule has 0 aromatic heterocycles. The van der Waals surface area contributed by atoms with Crippen LogP contribution in [-0.4, -0.2) is 48.9 Å². The molecule has 22 heavy (non-hydrogen) atoms. The van der Waals surface area contributed by atoms with Gasteiger partial charge in [-0.3, -0.25) is 4.79 Å². The number of hydrogen-bond donors (Lipinski definition) is 1. The molecule has 0 spiro atoms. The van der Waals surface area contributed by atoms with Crippen LogP contribution in [0.2, 0.25) is 0 Å². The van der Waals surface area contributed by atoms with Crippen molar-refractivity contribution in [2.45, 2.75) is 19.8 Å². The largest absolute Gasteiger partial charge is 0.331 e. The van der Waals surface area contributed by atoms with E-state index >= 15 is 0 Å². The third-order valence-corrected chi connectivity index (χ3v) is 4.38. The number of amides is 3. The van der Waals surface area contributed by atoms with E-state index in [2.05, 4.69) is 21.2 Å². The van der Waals surface area contributed by atoms with Crippen molar-refractivity contribution in [3.63, 3.8) is 0 Å². The van der Waals surface area contributed by atoms with Crippen LogP contribution in [0.1, 0.15) is 18.4 Å². The fourth-order valence-corrected chi connectivity index (χ4v) is 3.13. The van der Waals surface area contributed by atoms with Gasteiger partial charge in [0.1, 0.15) is 0 Å². The Bertz CT molecular complexity index is 575. The molecular formula is C16H22BrN3O2. The van der Waals surface area contributed by atoms with Crippen LogP contribution in [0.25, 0.3) is 0 Å². The van der Waals surface area contributed by atoms with Crippen molar-refractivity contribution in [3.05, 3.63) is 28.2 Å². The Morgan fingerprint density at radius 2 is 2.09 bits per heavy atom. The topological polar surface area (TPSA) is 52.7 Å². The molecule has 1 N–H and O–H groups in total. The van der Waals surface area contributed by atoms with Gasteiger partial charge < -0.3 is 15.1 Å². The number of piperidine rings is 1. The van der Waals surface area contributed by atoms with Gasteiger partial charge in [0.05, 0.1) is 5.92 Å². The van der Waals surface area contributed by atoms with E-state index in [0.29, 0.717) is 6.54 Å². The molecule has 0 saturated carbocycles. The number of hydrogen-bond acceptors (Lipinski definition) is 2. The molecule has 1 fully saturated rings. The highest BCUT2D eigenvalue weighted by Crippen LogP contribution is 2.23. The van der Waals surface area contributed by atoms with Crippen LogP contribution in [0.15, 0.2) is 22.7 Å². The Morgan fingerprint density at radius 3 is 2.73 bits per heavy atom. The van der Waals surface area contributed by atoms with Crippen molar-refractivity contribution in [3.8, 4) is 0 Å². The fraction of sp³-hybridized carbons (Fsp3) is 0.500. The summed E-state index contributed by atoms with van der Waals surface area (Å²) in [5.74, 6) is -0.164. The van der Waals surface area contributed by atoms with Gasteiger partial charge in [0.2, 0.25) is 5.91 Å². The predicted molar refractivity (Wildman–Crippen MR) is 90.9 cm³/mol. The number of rotatable bonds is 2. The van der Waals surface area contributed by atoms with Gasteiger partial charge >= 0.3 is 6.03 Å². The smallest absolute Gasteiger partial charge is 0.319 e. The first-order chi connectivity index (χ1) is 10.4. The molecular weight excluding hydrogens is 346 g/mol. The average Bonchev–Trinajstić information content (AvgIpc) is 2.49. The van der Waals surface area contributed by atoms with E-state index < -0.39 is 0 Å². The Balaban J connectivity index is 2.01. The second kappa shape index (κ2) is 7.13. The minimum atomic E-state index is -0.152. The molecule has 3 amide bonds. The number of carbonyl (C=O) groups excluding carboxylic acids is 2. The highest BCUT2D eigenvalue weighted by molar-refractivity contribution is 9.10. The average molecular weight is 368 g/mol. The molecule has 0 unspecified atom stereocenters. The molecule has 1 saturated heterocycles. The summed E-state index contributed by atoms with van der Waals surface area (Å²) >= 11 is 3.41. The second-order valence-corrected chi connectivity index (χ2v) is 6.83. The van der Waals surface area contributed by atoms with Crippen LogP contribution < -0.4 is 5.32 Å². The predicted octanol–water partition coefficient (Wildman–Crippen LogP) is 3.09. The number of anilines is 1. The number of nitrogens with one attached hydrogen (secondary N) is 1. The van der Waals surface area contributed by atoms with Gasteiger partial charge in [0.15, 0.2) is 0 Å². The molecule has 1 aromatic carbocycles. The summed E-state index contributed by atoms with van der Waals surface area (Å²) in [7, 11) is 3.47. The van der Waals surface area contributed by atoms with Crippen LogP contribution >= 0.6 is 15.9 Å². The maximum absolute atomic E-state index is 12.5. The number of likely N-dealkylation sites (tertiary alicyclic amines) is 1.